The van der Waals surface area contributed by atoms with Gasteiger partial charge < -0.3 is 19.5 Å². The summed E-state index contributed by atoms with van der Waals surface area (Å²) < 4.78 is 11.4. The topological polar surface area (TPSA) is 79.3 Å². The number of hydrogen-bond acceptors (Lipinski definition) is 6. The first-order chi connectivity index (χ1) is 18.1. The van der Waals surface area contributed by atoms with Crippen molar-refractivity contribution in [3.8, 4) is 5.75 Å². The van der Waals surface area contributed by atoms with Crippen LogP contribution in [-0.2, 0) is 20.9 Å². The molecule has 0 aliphatic carbocycles. The molecule has 0 spiro atoms. The summed E-state index contributed by atoms with van der Waals surface area (Å²) in [4.78, 5) is 30.2. The Morgan fingerprint density at radius 1 is 0.865 bits per heavy atom. The average molecular weight is 499 g/mol. The van der Waals surface area contributed by atoms with Gasteiger partial charge in [-0.2, -0.15) is 0 Å². The Balaban J connectivity index is 1.43. The summed E-state index contributed by atoms with van der Waals surface area (Å²) in [6.45, 7) is 4.30. The molecule has 3 aromatic carbocycles. The number of amides is 1. The molecule has 0 radical (unpaired) electrons. The number of Topliss-reactive ketones (excluding diaryl/α,β-unsaturated/α-hetero) is 1. The number of aliphatic hydroxyl groups excluding tert-OH is 1. The molecule has 2 heterocycles. The number of benzene rings is 3. The van der Waals surface area contributed by atoms with Gasteiger partial charge in [0.15, 0.2) is 0 Å². The lowest BCUT2D eigenvalue weighted by Crippen LogP contribution is -2.42. The zero-order valence-corrected chi connectivity index (χ0v) is 20.6. The van der Waals surface area contributed by atoms with E-state index >= 15 is 0 Å². The molecule has 1 N–H and O–H groups in total. The number of ether oxygens (including phenoxy) is 2. The average Bonchev–Trinajstić information content (AvgIpc) is 3.21. The molecule has 5 rings (SSSR count). The van der Waals surface area contributed by atoms with Crippen LogP contribution in [-0.4, -0.2) is 66.0 Å². The van der Waals surface area contributed by atoms with Crippen LogP contribution in [0, 0.1) is 0 Å². The number of hydrogen-bond donors (Lipinski definition) is 1. The van der Waals surface area contributed by atoms with Gasteiger partial charge in [0, 0.05) is 31.7 Å². The molecule has 2 aliphatic heterocycles. The van der Waals surface area contributed by atoms with Crippen molar-refractivity contribution in [2.24, 2.45) is 0 Å². The van der Waals surface area contributed by atoms with Crippen LogP contribution in [0.4, 0.5) is 0 Å². The zero-order valence-electron chi connectivity index (χ0n) is 20.6. The highest BCUT2D eigenvalue weighted by Gasteiger charge is 2.46. The molecule has 7 nitrogen and oxygen atoms in total. The minimum Gasteiger partial charge on any atom is -0.507 e. The Morgan fingerprint density at radius 2 is 1.51 bits per heavy atom. The van der Waals surface area contributed by atoms with Crippen molar-refractivity contribution in [2.45, 2.75) is 12.6 Å². The number of morpholine rings is 1. The molecule has 0 bridgehead atoms. The number of ketones is 1. The van der Waals surface area contributed by atoms with Gasteiger partial charge >= 0.3 is 0 Å². The van der Waals surface area contributed by atoms with Gasteiger partial charge in [-0.05, 0) is 23.3 Å². The smallest absolute Gasteiger partial charge is 0.295 e. The Kier molecular flexibility index (Phi) is 7.63. The lowest BCUT2D eigenvalue weighted by molar-refractivity contribution is -0.140. The van der Waals surface area contributed by atoms with E-state index in [1.807, 2.05) is 60.7 Å². The van der Waals surface area contributed by atoms with Crippen LogP contribution in [0.2, 0.25) is 0 Å². The molecular formula is C30H30N2O5. The number of rotatable bonds is 8. The summed E-state index contributed by atoms with van der Waals surface area (Å²) in [5.74, 6) is -0.749. The molecule has 0 saturated carbocycles. The first-order valence-corrected chi connectivity index (χ1v) is 12.5. The Labute approximate surface area is 216 Å². The maximum absolute atomic E-state index is 13.2. The second-order valence-corrected chi connectivity index (χ2v) is 9.16. The van der Waals surface area contributed by atoms with E-state index < -0.39 is 17.7 Å². The molecule has 2 aliphatic rings. The molecule has 7 heteroatoms. The second kappa shape index (κ2) is 11.4. The number of likely N-dealkylation sites (tertiary alicyclic amines) is 1. The molecule has 1 unspecified atom stereocenters. The van der Waals surface area contributed by atoms with Gasteiger partial charge in [0.25, 0.3) is 11.7 Å². The SMILES string of the molecule is O=C1C(=O)N(CCN2CCOCC2)C(c2ccc(OCc3ccccc3)cc2)C1=C(O)c1ccccc1. The molecule has 0 aromatic heterocycles. The molecule has 190 valence electrons. The van der Waals surface area contributed by atoms with Crippen molar-refractivity contribution in [1.82, 2.24) is 9.80 Å². The highest BCUT2D eigenvalue weighted by Crippen LogP contribution is 2.39. The monoisotopic (exact) mass is 498 g/mol. The molecule has 1 amide bonds. The quantitative estimate of drug-likeness (QED) is 0.287. The van der Waals surface area contributed by atoms with E-state index in [0.717, 1.165) is 24.2 Å². The molecule has 37 heavy (non-hydrogen) atoms. The molecule has 2 saturated heterocycles. The minimum atomic E-state index is -0.690. The third-order valence-electron chi connectivity index (χ3n) is 6.79. The van der Waals surface area contributed by atoms with Crippen molar-refractivity contribution in [3.05, 3.63) is 107 Å². The normalized spacial score (nSPS) is 19.8. The third-order valence-corrected chi connectivity index (χ3v) is 6.79. The van der Waals surface area contributed by atoms with Crippen molar-refractivity contribution in [2.75, 3.05) is 39.4 Å². The van der Waals surface area contributed by atoms with E-state index in [-0.39, 0.29) is 11.3 Å². The van der Waals surface area contributed by atoms with Crippen molar-refractivity contribution in [1.29, 1.82) is 0 Å². The van der Waals surface area contributed by atoms with E-state index in [9.17, 15) is 14.7 Å². The Hall–Kier alpha value is -3.94. The van der Waals surface area contributed by atoms with Crippen molar-refractivity contribution >= 4 is 17.4 Å². The highest BCUT2D eigenvalue weighted by molar-refractivity contribution is 6.46. The molecule has 1 atom stereocenters. The van der Waals surface area contributed by atoms with E-state index in [4.69, 9.17) is 9.47 Å². The van der Waals surface area contributed by atoms with Gasteiger partial charge in [0.1, 0.15) is 18.1 Å². The molecule has 3 aromatic rings. The summed E-state index contributed by atoms with van der Waals surface area (Å²) in [7, 11) is 0. The second-order valence-electron chi connectivity index (χ2n) is 9.16. The summed E-state index contributed by atoms with van der Waals surface area (Å²) in [6.07, 6.45) is 0. The minimum absolute atomic E-state index is 0.108. The van der Waals surface area contributed by atoms with Gasteiger partial charge in [-0.1, -0.05) is 72.8 Å². The molecule has 2 fully saturated rings. The standard InChI is InChI=1S/C30H30N2O5/c33-28(24-9-5-2-6-10-24)26-27(32(30(35)29(26)34)16-15-31-17-19-36-20-18-31)23-11-13-25(14-12-23)37-21-22-7-3-1-4-8-22/h1-14,27,33H,15-21H2. The fraction of sp³-hybridized carbons (Fsp3) is 0.267. The predicted octanol–water partition coefficient (Wildman–Crippen LogP) is 4.02. The molecular weight excluding hydrogens is 468 g/mol. The Morgan fingerprint density at radius 3 is 2.19 bits per heavy atom. The summed E-state index contributed by atoms with van der Waals surface area (Å²) >= 11 is 0. The maximum atomic E-state index is 13.2. The first-order valence-electron chi connectivity index (χ1n) is 12.5. The van der Waals surface area contributed by atoms with Gasteiger partial charge in [-0.3, -0.25) is 14.5 Å². The zero-order chi connectivity index (χ0) is 25.6. The van der Waals surface area contributed by atoms with E-state index in [1.54, 1.807) is 29.2 Å². The number of carbonyl (C=O) groups is 2. The van der Waals surface area contributed by atoms with Crippen LogP contribution in [0.25, 0.3) is 5.76 Å². The van der Waals surface area contributed by atoms with Crippen LogP contribution < -0.4 is 4.74 Å². The number of aliphatic hydroxyl groups is 1. The van der Waals surface area contributed by atoms with Crippen LogP contribution in [0.1, 0.15) is 22.7 Å². The van der Waals surface area contributed by atoms with Crippen molar-refractivity contribution in [3.63, 3.8) is 0 Å². The highest BCUT2D eigenvalue weighted by atomic mass is 16.5. The summed E-state index contributed by atoms with van der Waals surface area (Å²) in [5, 5.41) is 11.2. The maximum Gasteiger partial charge on any atom is 0.295 e. The lowest BCUT2D eigenvalue weighted by atomic mass is 9.95. The fourth-order valence-corrected chi connectivity index (χ4v) is 4.77. The van der Waals surface area contributed by atoms with Gasteiger partial charge in [0.2, 0.25) is 0 Å². The van der Waals surface area contributed by atoms with E-state index in [0.29, 0.717) is 44.2 Å². The first kappa shape index (κ1) is 24.7. The van der Waals surface area contributed by atoms with Crippen LogP contribution in [0.15, 0.2) is 90.5 Å². The lowest BCUT2D eigenvalue weighted by Gasteiger charge is -2.31. The van der Waals surface area contributed by atoms with Gasteiger partial charge in [-0.25, -0.2) is 0 Å². The number of nitrogens with zero attached hydrogens (tertiary/aromatic N) is 2. The fourth-order valence-electron chi connectivity index (χ4n) is 4.77. The van der Waals surface area contributed by atoms with Crippen molar-refractivity contribution < 1.29 is 24.2 Å². The van der Waals surface area contributed by atoms with E-state index in [2.05, 4.69) is 4.90 Å². The van der Waals surface area contributed by atoms with Gasteiger partial charge in [0.05, 0.1) is 24.8 Å². The Bertz CT molecular complexity index is 1250. The third kappa shape index (κ3) is 5.58. The largest absolute Gasteiger partial charge is 0.507 e. The predicted molar refractivity (Wildman–Crippen MR) is 140 cm³/mol. The van der Waals surface area contributed by atoms with Gasteiger partial charge in [-0.15, -0.1) is 0 Å². The van der Waals surface area contributed by atoms with E-state index in [1.165, 1.54) is 0 Å². The van der Waals surface area contributed by atoms with Crippen LogP contribution >= 0.6 is 0 Å². The van der Waals surface area contributed by atoms with Crippen LogP contribution in [0.5, 0.6) is 5.75 Å². The van der Waals surface area contributed by atoms with Crippen LogP contribution in [0.3, 0.4) is 0 Å². The number of carbonyl (C=O) groups excluding carboxylic acids is 2. The summed E-state index contributed by atoms with van der Waals surface area (Å²) in [6, 6.07) is 25.5. The summed E-state index contributed by atoms with van der Waals surface area (Å²) in [5.41, 5.74) is 2.41.